The van der Waals surface area contributed by atoms with Gasteiger partial charge in [0.25, 0.3) is 0 Å². The van der Waals surface area contributed by atoms with Crippen LogP contribution in [0, 0.1) is 13.8 Å². The molecule has 0 aliphatic carbocycles. The highest BCUT2D eigenvalue weighted by Crippen LogP contribution is 2.25. The van der Waals surface area contributed by atoms with E-state index in [2.05, 4.69) is 14.9 Å². The number of anilines is 1. The number of hydrogen-bond acceptors (Lipinski definition) is 8. The third kappa shape index (κ3) is 4.92. The number of hydrogen-bond donors (Lipinski definition) is 1. The fourth-order valence-electron chi connectivity index (χ4n) is 3.59. The molecule has 2 aromatic rings. The van der Waals surface area contributed by atoms with Gasteiger partial charge >= 0.3 is 0 Å². The fourth-order valence-corrected chi connectivity index (χ4v) is 6.65. The van der Waals surface area contributed by atoms with E-state index >= 15 is 0 Å². The summed E-state index contributed by atoms with van der Waals surface area (Å²) in [4.78, 5) is 6.48. The molecule has 1 fully saturated rings. The van der Waals surface area contributed by atoms with E-state index in [1.165, 1.54) is 16.6 Å². The van der Waals surface area contributed by atoms with Crippen LogP contribution in [0.25, 0.3) is 0 Å². The summed E-state index contributed by atoms with van der Waals surface area (Å²) in [5.41, 5.74) is 0.348. The van der Waals surface area contributed by atoms with Crippen LogP contribution < -0.4 is 9.62 Å². The minimum atomic E-state index is -3.69. The van der Waals surface area contributed by atoms with Gasteiger partial charge in [0.15, 0.2) is 5.76 Å². The number of rotatable bonds is 8. The molecule has 1 aliphatic rings. The zero-order valence-corrected chi connectivity index (χ0v) is 19.8. The van der Waals surface area contributed by atoms with Crippen LogP contribution in [0.4, 0.5) is 5.82 Å². The molecule has 10 nitrogen and oxygen atoms in total. The van der Waals surface area contributed by atoms with E-state index < -0.39 is 20.0 Å². The molecular weight excluding hydrogens is 442 g/mol. The Bertz CT molecular complexity index is 1080. The predicted octanol–water partition coefficient (Wildman–Crippen LogP) is 1.66. The topological polar surface area (TPSA) is 126 Å². The van der Waals surface area contributed by atoms with Crippen LogP contribution in [0.5, 0.6) is 0 Å². The zero-order valence-electron chi connectivity index (χ0n) is 18.2. The Kier molecular flexibility index (Phi) is 7.04. The van der Waals surface area contributed by atoms with E-state index in [0.717, 1.165) is 0 Å². The average Bonchev–Trinajstić information content (AvgIpc) is 3.11. The normalized spacial score (nSPS) is 16.2. The van der Waals surface area contributed by atoms with Gasteiger partial charge in [-0.1, -0.05) is 19.0 Å². The molecule has 0 aromatic carbocycles. The second-order valence-electron chi connectivity index (χ2n) is 7.53. The van der Waals surface area contributed by atoms with Gasteiger partial charge < -0.3 is 9.42 Å². The van der Waals surface area contributed by atoms with E-state index in [9.17, 15) is 16.8 Å². The van der Waals surface area contributed by atoms with Gasteiger partial charge in [-0.05, 0) is 38.8 Å². The molecular formula is C19H29N5O5S2. The monoisotopic (exact) mass is 471 g/mol. The van der Waals surface area contributed by atoms with Crippen molar-refractivity contribution in [3.05, 3.63) is 29.8 Å². The largest absolute Gasteiger partial charge is 0.360 e. The van der Waals surface area contributed by atoms with Crippen molar-refractivity contribution >= 4 is 25.9 Å². The van der Waals surface area contributed by atoms with Crippen LogP contribution in [0.1, 0.15) is 38.1 Å². The lowest BCUT2D eigenvalue weighted by atomic mass is 10.2. The first-order chi connectivity index (χ1) is 14.6. The summed E-state index contributed by atoms with van der Waals surface area (Å²) >= 11 is 0. The first-order valence-electron chi connectivity index (χ1n) is 10.3. The smallest absolute Gasteiger partial charge is 0.248 e. The Hall–Kier alpha value is -2.02. The number of sulfonamides is 2. The maximum atomic E-state index is 12.9. The van der Waals surface area contributed by atoms with Crippen LogP contribution >= 0.6 is 0 Å². The molecule has 0 saturated carbocycles. The Labute approximate surface area is 183 Å². The molecule has 2 aromatic heterocycles. The summed E-state index contributed by atoms with van der Waals surface area (Å²) in [6.45, 7) is 8.50. The highest BCUT2D eigenvalue weighted by molar-refractivity contribution is 7.89. The lowest BCUT2D eigenvalue weighted by Gasteiger charge is -2.34. The van der Waals surface area contributed by atoms with Gasteiger partial charge in [0, 0.05) is 38.4 Å². The third-order valence-electron chi connectivity index (χ3n) is 5.47. The second kappa shape index (κ2) is 9.23. The molecule has 3 heterocycles. The van der Waals surface area contributed by atoms with E-state index in [1.807, 2.05) is 18.7 Å². The first-order valence-corrected chi connectivity index (χ1v) is 13.2. The van der Waals surface area contributed by atoms with E-state index in [0.29, 0.717) is 37.4 Å². The predicted molar refractivity (Wildman–Crippen MR) is 116 cm³/mol. The van der Waals surface area contributed by atoms with E-state index in [-0.39, 0.29) is 34.7 Å². The van der Waals surface area contributed by atoms with Crippen molar-refractivity contribution in [2.24, 2.45) is 0 Å². The highest BCUT2D eigenvalue weighted by Gasteiger charge is 2.33. The quantitative estimate of drug-likeness (QED) is 0.616. The SMILES string of the molecule is CCC(CC)NS(=O)(=O)c1ccc(N2CCN(S(=O)(=O)c3c(C)noc3C)CC2)nc1. The van der Waals surface area contributed by atoms with Crippen molar-refractivity contribution in [2.45, 2.75) is 56.4 Å². The van der Waals surface area contributed by atoms with Gasteiger partial charge in [-0.25, -0.2) is 26.5 Å². The second-order valence-corrected chi connectivity index (χ2v) is 11.1. The molecule has 1 N–H and O–H groups in total. The van der Waals surface area contributed by atoms with Gasteiger partial charge in [-0.2, -0.15) is 4.31 Å². The van der Waals surface area contributed by atoms with Gasteiger partial charge in [-0.15, -0.1) is 0 Å². The van der Waals surface area contributed by atoms with Gasteiger partial charge in [0.1, 0.15) is 21.3 Å². The van der Waals surface area contributed by atoms with E-state index in [4.69, 9.17) is 4.52 Å². The molecule has 0 unspecified atom stereocenters. The van der Waals surface area contributed by atoms with Crippen molar-refractivity contribution in [1.82, 2.24) is 19.2 Å². The molecule has 1 saturated heterocycles. The molecule has 0 atom stereocenters. The van der Waals surface area contributed by atoms with Gasteiger partial charge in [-0.3, -0.25) is 0 Å². The van der Waals surface area contributed by atoms with Crippen LogP contribution in [-0.4, -0.2) is 63.5 Å². The number of pyridine rings is 1. The average molecular weight is 472 g/mol. The molecule has 0 bridgehead atoms. The summed E-state index contributed by atoms with van der Waals surface area (Å²) in [5.74, 6) is 0.885. The standard InChI is InChI=1S/C19H29N5O5S2/c1-5-16(6-2)22-30(25,26)17-7-8-18(20-13-17)23-9-11-24(12-10-23)31(27,28)19-14(3)21-29-15(19)4/h7-8,13,16,22H,5-6,9-12H2,1-4H3. The Morgan fingerprint density at radius 1 is 1.06 bits per heavy atom. The summed E-state index contributed by atoms with van der Waals surface area (Å²) < 4.78 is 60.0. The molecule has 3 rings (SSSR count). The third-order valence-corrected chi connectivity index (χ3v) is 9.12. The molecule has 1 aliphatic heterocycles. The van der Waals surface area contributed by atoms with Crippen LogP contribution in [0.15, 0.2) is 32.6 Å². The minimum absolute atomic E-state index is 0.114. The summed E-state index contributed by atoms with van der Waals surface area (Å²) in [5, 5.41) is 3.74. The van der Waals surface area contributed by atoms with E-state index in [1.54, 1.807) is 19.9 Å². The maximum absolute atomic E-state index is 12.9. The summed E-state index contributed by atoms with van der Waals surface area (Å²) in [6.07, 6.45) is 2.76. The minimum Gasteiger partial charge on any atom is -0.360 e. The Balaban J connectivity index is 1.68. The van der Waals surface area contributed by atoms with Crippen molar-refractivity contribution in [3.63, 3.8) is 0 Å². The highest BCUT2D eigenvalue weighted by atomic mass is 32.2. The van der Waals surface area contributed by atoms with Gasteiger partial charge in [0.2, 0.25) is 20.0 Å². The number of nitrogens with zero attached hydrogens (tertiary/aromatic N) is 4. The molecule has 31 heavy (non-hydrogen) atoms. The molecule has 0 radical (unpaired) electrons. The van der Waals surface area contributed by atoms with Crippen LogP contribution in [0.2, 0.25) is 0 Å². The number of nitrogens with one attached hydrogen (secondary N) is 1. The van der Waals surface area contributed by atoms with Crippen molar-refractivity contribution in [2.75, 3.05) is 31.1 Å². The zero-order chi connectivity index (χ0) is 22.8. The first kappa shape index (κ1) is 23.6. The summed E-state index contributed by atoms with van der Waals surface area (Å²) in [7, 11) is -7.31. The molecule has 0 amide bonds. The van der Waals surface area contributed by atoms with Crippen LogP contribution in [-0.2, 0) is 20.0 Å². The number of aromatic nitrogens is 2. The maximum Gasteiger partial charge on any atom is 0.248 e. The molecule has 172 valence electrons. The molecule has 12 heteroatoms. The number of piperazine rings is 1. The van der Waals surface area contributed by atoms with Crippen molar-refractivity contribution in [1.29, 1.82) is 0 Å². The van der Waals surface area contributed by atoms with Gasteiger partial charge in [0.05, 0.1) is 0 Å². The van der Waals surface area contributed by atoms with Crippen molar-refractivity contribution in [3.8, 4) is 0 Å². The Morgan fingerprint density at radius 2 is 1.71 bits per heavy atom. The van der Waals surface area contributed by atoms with Crippen LogP contribution in [0.3, 0.4) is 0 Å². The van der Waals surface area contributed by atoms with Crippen molar-refractivity contribution < 1.29 is 21.4 Å². The lowest BCUT2D eigenvalue weighted by molar-refractivity contribution is 0.378. The number of aryl methyl sites for hydroxylation is 2. The Morgan fingerprint density at radius 3 is 2.19 bits per heavy atom. The molecule has 0 spiro atoms. The summed E-state index contributed by atoms with van der Waals surface area (Å²) in [6, 6.07) is 3.07. The fraction of sp³-hybridized carbons (Fsp3) is 0.579. The lowest BCUT2D eigenvalue weighted by Crippen LogP contribution is -2.49.